The predicted octanol–water partition coefficient (Wildman–Crippen LogP) is 2.56. The van der Waals surface area contributed by atoms with Crippen LogP contribution in [0.4, 0.5) is 8.78 Å². The van der Waals surface area contributed by atoms with Crippen LogP contribution >= 0.6 is 7.60 Å². The zero-order chi connectivity index (χ0) is 12.1. The van der Waals surface area contributed by atoms with E-state index in [1.54, 1.807) is 0 Å². The van der Waals surface area contributed by atoms with Crippen LogP contribution in [0.1, 0.15) is 33.1 Å². The lowest BCUT2D eigenvalue weighted by molar-refractivity contribution is -0.132. The third-order valence-electron chi connectivity index (χ3n) is 1.79. The summed E-state index contributed by atoms with van der Waals surface area (Å²) >= 11 is 0. The van der Waals surface area contributed by atoms with Crippen LogP contribution in [0, 0.1) is 0 Å². The molecule has 0 aliphatic rings. The molecule has 0 aromatic heterocycles. The molecular formula is C8H15F2O4P. The maximum absolute atomic E-state index is 12.8. The fraction of sp³-hybridized carbons (Fsp3) is 0.875. The second-order valence-electron chi connectivity index (χ2n) is 3.16. The highest BCUT2D eigenvalue weighted by atomic mass is 31.2. The van der Waals surface area contributed by atoms with Gasteiger partial charge >= 0.3 is 13.3 Å². The molecule has 0 radical (unpaired) electrons. The number of ketones is 1. The molecule has 0 aliphatic heterocycles. The third kappa shape index (κ3) is 3.97. The van der Waals surface area contributed by atoms with Gasteiger partial charge in [-0.05, 0) is 6.42 Å². The van der Waals surface area contributed by atoms with E-state index in [9.17, 15) is 18.1 Å². The Kier molecular flexibility index (Phi) is 5.56. The standard InChI is InChI=1S/C8H15F2O4P/c1-3-4-5-6-14-15(12,13)8(9,10)7(2)11/h3-6H2,1-2H3,(H,12,13). The normalized spacial score (nSPS) is 16.1. The maximum atomic E-state index is 12.8. The Hall–Kier alpha value is -0.320. The molecule has 0 rings (SSSR count). The summed E-state index contributed by atoms with van der Waals surface area (Å²) in [6, 6.07) is 0. The van der Waals surface area contributed by atoms with Crippen molar-refractivity contribution in [3.05, 3.63) is 0 Å². The number of Topliss-reactive ketones (excluding diaryl/α,β-unsaturated/α-hetero) is 1. The van der Waals surface area contributed by atoms with Crippen LogP contribution in [0.25, 0.3) is 0 Å². The van der Waals surface area contributed by atoms with Crippen molar-refractivity contribution in [3.8, 4) is 0 Å². The quantitative estimate of drug-likeness (QED) is 0.552. The fourth-order valence-electron chi connectivity index (χ4n) is 0.820. The van der Waals surface area contributed by atoms with Gasteiger partial charge < -0.3 is 9.42 Å². The summed E-state index contributed by atoms with van der Waals surface area (Å²) in [5, 5.41) is 0. The SMILES string of the molecule is CCCCCOP(=O)(O)C(F)(F)C(C)=O. The highest BCUT2D eigenvalue weighted by Crippen LogP contribution is 2.57. The third-order valence-corrected chi connectivity index (χ3v) is 3.35. The van der Waals surface area contributed by atoms with Crippen LogP contribution < -0.4 is 0 Å². The highest BCUT2D eigenvalue weighted by Gasteiger charge is 2.55. The average Bonchev–Trinajstić information content (AvgIpc) is 2.12. The molecule has 1 atom stereocenters. The lowest BCUT2D eigenvalue weighted by Gasteiger charge is -2.19. The largest absolute Gasteiger partial charge is 0.405 e. The summed E-state index contributed by atoms with van der Waals surface area (Å²) in [5.41, 5.74) is -4.31. The van der Waals surface area contributed by atoms with E-state index in [1.807, 2.05) is 6.92 Å². The summed E-state index contributed by atoms with van der Waals surface area (Å²) in [7, 11) is -5.17. The minimum Gasteiger partial charge on any atom is -0.320 e. The summed E-state index contributed by atoms with van der Waals surface area (Å²) < 4.78 is 40.9. The smallest absolute Gasteiger partial charge is 0.320 e. The zero-order valence-electron chi connectivity index (χ0n) is 8.70. The van der Waals surface area contributed by atoms with E-state index in [4.69, 9.17) is 4.89 Å². The fourth-order valence-corrected chi connectivity index (χ4v) is 1.76. The van der Waals surface area contributed by atoms with Crippen LogP contribution in [0.3, 0.4) is 0 Å². The van der Waals surface area contributed by atoms with Crippen molar-refractivity contribution in [2.75, 3.05) is 6.61 Å². The van der Waals surface area contributed by atoms with Gasteiger partial charge in [-0.2, -0.15) is 8.78 Å². The van der Waals surface area contributed by atoms with Gasteiger partial charge in [0.05, 0.1) is 6.61 Å². The van der Waals surface area contributed by atoms with Gasteiger partial charge in [-0.3, -0.25) is 9.36 Å². The van der Waals surface area contributed by atoms with Gasteiger partial charge in [0.15, 0.2) is 0 Å². The number of hydrogen-bond donors (Lipinski definition) is 1. The van der Waals surface area contributed by atoms with Gasteiger partial charge in [0.2, 0.25) is 5.78 Å². The average molecular weight is 244 g/mol. The predicted molar refractivity (Wildman–Crippen MR) is 50.9 cm³/mol. The molecule has 1 N–H and O–H groups in total. The molecule has 0 aromatic rings. The second-order valence-corrected chi connectivity index (χ2v) is 5.02. The van der Waals surface area contributed by atoms with Gasteiger partial charge in [0.1, 0.15) is 0 Å². The molecule has 0 saturated heterocycles. The molecule has 4 nitrogen and oxygen atoms in total. The summed E-state index contributed by atoms with van der Waals surface area (Å²) in [6.07, 6.45) is 1.96. The van der Waals surface area contributed by atoms with Gasteiger partial charge in [-0.1, -0.05) is 19.8 Å². The molecule has 0 aromatic carbocycles. The van der Waals surface area contributed by atoms with Crippen LogP contribution in [0.2, 0.25) is 0 Å². The lowest BCUT2D eigenvalue weighted by Crippen LogP contribution is -2.27. The van der Waals surface area contributed by atoms with Crippen molar-refractivity contribution >= 4 is 13.4 Å². The molecule has 1 unspecified atom stereocenters. The van der Waals surface area contributed by atoms with Crippen molar-refractivity contribution in [2.45, 2.75) is 38.8 Å². The molecule has 0 spiro atoms. The molecule has 15 heavy (non-hydrogen) atoms. The van der Waals surface area contributed by atoms with Crippen LogP contribution in [-0.4, -0.2) is 22.9 Å². The Bertz CT molecular complexity index is 267. The number of halogens is 2. The van der Waals surface area contributed by atoms with E-state index in [1.165, 1.54) is 0 Å². The number of carbonyl (C=O) groups excluding carboxylic acids is 1. The van der Waals surface area contributed by atoms with Crippen molar-refractivity contribution in [1.82, 2.24) is 0 Å². The Morgan fingerprint density at radius 2 is 2.00 bits per heavy atom. The summed E-state index contributed by atoms with van der Waals surface area (Å²) in [6.45, 7) is 2.20. The van der Waals surface area contributed by atoms with Crippen molar-refractivity contribution in [2.24, 2.45) is 0 Å². The van der Waals surface area contributed by atoms with Crippen LogP contribution in [0.15, 0.2) is 0 Å². The van der Waals surface area contributed by atoms with E-state index >= 15 is 0 Å². The molecule has 7 heteroatoms. The Morgan fingerprint density at radius 1 is 1.47 bits per heavy atom. The number of carbonyl (C=O) groups is 1. The van der Waals surface area contributed by atoms with E-state index in [0.717, 1.165) is 6.42 Å². The van der Waals surface area contributed by atoms with Gasteiger partial charge in [-0.15, -0.1) is 0 Å². The number of alkyl halides is 2. The summed E-state index contributed by atoms with van der Waals surface area (Å²) in [4.78, 5) is 19.3. The first kappa shape index (κ1) is 14.7. The minimum atomic E-state index is -5.17. The molecule has 0 amide bonds. The van der Waals surface area contributed by atoms with Crippen molar-refractivity contribution in [3.63, 3.8) is 0 Å². The first-order valence-corrected chi connectivity index (χ1v) is 6.19. The number of rotatable bonds is 7. The van der Waals surface area contributed by atoms with Crippen LogP contribution in [-0.2, 0) is 13.9 Å². The number of unbranched alkanes of at least 4 members (excludes halogenated alkanes) is 2. The maximum Gasteiger partial charge on any atom is 0.405 e. The Morgan fingerprint density at radius 3 is 2.40 bits per heavy atom. The molecule has 0 saturated carbocycles. The minimum absolute atomic E-state index is 0.246. The zero-order valence-corrected chi connectivity index (χ0v) is 9.60. The van der Waals surface area contributed by atoms with Gasteiger partial charge in [0, 0.05) is 6.92 Å². The Balaban J connectivity index is 4.29. The van der Waals surface area contributed by atoms with Gasteiger partial charge in [-0.25, -0.2) is 0 Å². The first-order chi connectivity index (χ1) is 6.75. The van der Waals surface area contributed by atoms with E-state index in [0.29, 0.717) is 19.8 Å². The second kappa shape index (κ2) is 5.68. The van der Waals surface area contributed by atoms with Gasteiger partial charge in [0.25, 0.3) is 0 Å². The molecular weight excluding hydrogens is 229 g/mol. The lowest BCUT2D eigenvalue weighted by atomic mass is 10.3. The van der Waals surface area contributed by atoms with E-state index in [2.05, 4.69) is 4.52 Å². The van der Waals surface area contributed by atoms with Crippen molar-refractivity contribution < 1.29 is 27.6 Å². The highest BCUT2D eigenvalue weighted by molar-refractivity contribution is 7.55. The number of hydrogen-bond acceptors (Lipinski definition) is 3. The Labute approximate surface area is 87.2 Å². The van der Waals surface area contributed by atoms with Crippen LogP contribution in [0.5, 0.6) is 0 Å². The molecule has 0 heterocycles. The topological polar surface area (TPSA) is 63.6 Å². The molecule has 0 aliphatic carbocycles. The van der Waals surface area contributed by atoms with Crippen molar-refractivity contribution in [1.29, 1.82) is 0 Å². The van der Waals surface area contributed by atoms with E-state index < -0.39 is 19.0 Å². The molecule has 90 valence electrons. The summed E-state index contributed by atoms with van der Waals surface area (Å²) in [5.74, 6) is -1.66. The molecule has 0 fully saturated rings. The van der Waals surface area contributed by atoms with E-state index in [-0.39, 0.29) is 6.61 Å². The monoisotopic (exact) mass is 244 g/mol. The molecule has 0 bridgehead atoms. The first-order valence-electron chi connectivity index (χ1n) is 4.62.